The van der Waals surface area contributed by atoms with Gasteiger partial charge >= 0.3 is 5.97 Å². The maximum absolute atomic E-state index is 12.6. The van der Waals surface area contributed by atoms with Crippen LogP contribution in [0.4, 0.5) is 0 Å². The molecule has 21 heavy (non-hydrogen) atoms. The first-order chi connectivity index (χ1) is 9.99. The first kappa shape index (κ1) is 17.1. The Kier molecular flexibility index (Phi) is 6.85. The quantitative estimate of drug-likeness (QED) is 0.799. The standard InChI is InChI=1S/C16H24N2O3/c1-4-14(5-2)15(19)18(10-12(3)16(20)21)11-13-6-8-17-9-7-13/h6-9,12,14H,4-5,10-11H2,1-3H3,(H,20,21). The minimum absolute atomic E-state index is 0.0323. The van der Waals surface area contributed by atoms with Gasteiger partial charge in [-0.3, -0.25) is 14.6 Å². The second kappa shape index (κ2) is 8.39. The van der Waals surface area contributed by atoms with E-state index in [0.29, 0.717) is 6.54 Å². The zero-order valence-corrected chi connectivity index (χ0v) is 13.0. The predicted octanol–water partition coefficient (Wildman–Crippen LogP) is 2.57. The Morgan fingerprint density at radius 3 is 2.29 bits per heavy atom. The van der Waals surface area contributed by atoms with Crippen molar-refractivity contribution in [2.24, 2.45) is 11.8 Å². The van der Waals surface area contributed by atoms with Gasteiger partial charge in [0.25, 0.3) is 0 Å². The molecule has 0 aliphatic heterocycles. The fourth-order valence-corrected chi connectivity index (χ4v) is 2.25. The third-order valence-electron chi connectivity index (χ3n) is 3.69. The van der Waals surface area contributed by atoms with E-state index >= 15 is 0 Å². The molecule has 0 bridgehead atoms. The number of rotatable bonds is 8. The molecule has 0 saturated heterocycles. The molecule has 1 N–H and O–H groups in total. The lowest BCUT2D eigenvalue weighted by molar-refractivity contribution is -0.144. The summed E-state index contributed by atoms with van der Waals surface area (Å²) < 4.78 is 0. The molecule has 1 atom stereocenters. The summed E-state index contributed by atoms with van der Waals surface area (Å²) in [5.74, 6) is -1.48. The maximum Gasteiger partial charge on any atom is 0.308 e. The zero-order chi connectivity index (χ0) is 15.8. The van der Waals surface area contributed by atoms with Crippen molar-refractivity contribution >= 4 is 11.9 Å². The molecule has 0 aliphatic carbocycles. The van der Waals surface area contributed by atoms with Gasteiger partial charge in [0.05, 0.1) is 5.92 Å². The number of aromatic nitrogens is 1. The lowest BCUT2D eigenvalue weighted by Crippen LogP contribution is -2.39. The number of carbonyl (C=O) groups excluding carboxylic acids is 1. The summed E-state index contributed by atoms with van der Waals surface area (Å²) in [4.78, 5) is 29.3. The fraction of sp³-hybridized carbons (Fsp3) is 0.562. The number of amides is 1. The number of hydrogen-bond donors (Lipinski definition) is 1. The number of nitrogens with zero attached hydrogens (tertiary/aromatic N) is 2. The lowest BCUT2D eigenvalue weighted by Gasteiger charge is -2.28. The molecule has 1 aromatic heterocycles. The van der Waals surface area contributed by atoms with Crippen LogP contribution in [0, 0.1) is 11.8 Å². The van der Waals surface area contributed by atoms with Crippen LogP contribution in [-0.4, -0.2) is 33.4 Å². The van der Waals surface area contributed by atoms with Gasteiger partial charge in [-0.05, 0) is 30.5 Å². The smallest absolute Gasteiger partial charge is 0.308 e. The summed E-state index contributed by atoms with van der Waals surface area (Å²) in [5.41, 5.74) is 0.960. The predicted molar refractivity (Wildman–Crippen MR) is 80.5 cm³/mol. The van der Waals surface area contributed by atoms with Crippen LogP contribution in [0.2, 0.25) is 0 Å². The molecule has 116 valence electrons. The largest absolute Gasteiger partial charge is 0.481 e. The van der Waals surface area contributed by atoms with Gasteiger partial charge in [0.15, 0.2) is 0 Å². The molecule has 0 fully saturated rings. The van der Waals surface area contributed by atoms with Crippen molar-refractivity contribution in [2.75, 3.05) is 6.54 Å². The summed E-state index contributed by atoms with van der Waals surface area (Å²) in [5, 5.41) is 9.08. The molecular formula is C16H24N2O3. The fourth-order valence-electron chi connectivity index (χ4n) is 2.25. The molecule has 5 nitrogen and oxygen atoms in total. The monoisotopic (exact) mass is 292 g/mol. The van der Waals surface area contributed by atoms with Gasteiger partial charge in [-0.2, -0.15) is 0 Å². The summed E-state index contributed by atoms with van der Waals surface area (Å²) in [6, 6.07) is 3.69. The van der Waals surface area contributed by atoms with Gasteiger partial charge < -0.3 is 10.0 Å². The number of carbonyl (C=O) groups is 2. The van der Waals surface area contributed by atoms with Crippen LogP contribution in [0.25, 0.3) is 0 Å². The molecular weight excluding hydrogens is 268 g/mol. The third-order valence-corrected chi connectivity index (χ3v) is 3.69. The number of carboxylic acids is 1. The normalized spacial score (nSPS) is 12.2. The average molecular weight is 292 g/mol. The Balaban J connectivity index is 2.88. The van der Waals surface area contributed by atoms with E-state index in [-0.39, 0.29) is 18.4 Å². The molecule has 0 radical (unpaired) electrons. The highest BCUT2D eigenvalue weighted by Crippen LogP contribution is 2.16. The summed E-state index contributed by atoms with van der Waals surface area (Å²) >= 11 is 0. The molecule has 1 heterocycles. The van der Waals surface area contributed by atoms with E-state index in [2.05, 4.69) is 4.98 Å². The van der Waals surface area contributed by atoms with Crippen LogP contribution >= 0.6 is 0 Å². The van der Waals surface area contributed by atoms with Crippen LogP contribution in [0.5, 0.6) is 0 Å². The molecule has 1 amide bonds. The first-order valence-corrected chi connectivity index (χ1v) is 7.40. The number of pyridine rings is 1. The minimum Gasteiger partial charge on any atom is -0.481 e. The Morgan fingerprint density at radius 2 is 1.81 bits per heavy atom. The third kappa shape index (κ3) is 5.17. The molecule has 1 rings (SSSR count). The summed E-state index contributed by atoms with van der Waals surface area (Å²) in [7, 11) is 0. The van der Waals surface area contributed by atoms with Crippen molar-refractivity contribution in [3.05, 3.63) is 30.1 Å². The van der Waals surface area contributed by atoms with Crippen LogP contribution < -0.4 is 0 Å². The Hall–Kier alpha value is -1.91. The Bertz CT molecular complexity index is 458. The van der Waals surface area contributed by atoms with Gasteiger partial charge in [-0.15, -0.1) is 0 Å². The highest BCUT2D eigenvalue weighted by atomic mass is 16.4. The number of hydrogen-bond acceptors (Lipinski definition) is 3. The Morgan fingerprint density at radius 1 is 1.24 bits per heavy atom. The first-order valence-electron chi connectivity index (χ1n) is 7.40. The van der Waals surface area contributed by atoms with Crippen molar-refractivity contribution in [2.45, 2.75) is 40.2 Å². The van der Waals surface area contributed by atoms with Crippen molar-refractivity contribution in [3.8, 4) is 0 Å². The second-order valence-electron chi connectivity index (χ2n) is 5.33. The van der Waals surface area contributed by atoms with E-state index in [1.54, 1.807) is 24.2 Å². The zero-order valence-electron chi connectivity index (χ0n) is 13.0. The highest BCUT2D eigenvalue weighted by molar-refractivity contribution is 5.79. The molecule has 5 heteroatoms. The average Bonchev–Trinajstić information content (AvgIpc) is 2.48. The van der Waals surface area contributed by atoms with Crippen LogP contribution in [0.15, 0.2) is 24.5 Å². The lowest BCUT2D eigenvalue weighted by atomic mass is 10.0. The van der Waals surface area contributed by atoms with Gasteiger partial charge in [0.2, 0.25) is 5.91 Å². The molecule has 0 aromatic carbocycles. The van der Waals surface area contributed by atoms with E-state index < -0.39 is 11.9 Å². The van der Waals surface area contributed by atoms with Crippen LogP contribution in [0.3, 0.4) is 0 Å². The topological polar surface area (TPSA) is 70.5 Å². The van der Waals surface area contributed by atoms with E-state index in [1.807, 2.05) is 26.0 Å². The van der Waals surface area contributed by atoms with Gasteiger partial charge in [0, 0.05) is 31.4 Å². The summed E-state index contributed by atoms with van der Waals surface area (Å²) in [6.07, 6.45) is 4.89. The minimum atomic E-state index is -0.882. The molecule has 1 unspecified atom stereocenters. The van der Waals surface area contributed by atoms with Crippen molar-refractivity contribution in [1.29, 1.82) is 0 Å². The van der Waals surface area contributed by atoms with Gasteiger partial charge in [-0.25, -0.2) is 0 Å². The van der Waals surface area contributed by atoms with Crippen molar-refractivity contribution < 1.29 is 14.7 Å². The number of carboxylic acid groups (broad SMARTS) is 1. The summed E-state index contributed by atoms with van der Waals surface area (Å²) in [6.45, 7) is 6.25. The van der Waals surface area contributed by atoms with E-state index in [4.69, 9.17) is 5.11 Å². The van der Waals surface area contributed by atoms with Crippen molar-refractivity contribution in [3.63, 3.8) is 0 Å². The Labute approximate surface area is 126 Å². The molecule has 0 aliphatic rings. The maximum atomic E-state index is 12.6. The second-order valence-corrected chi connectivity index (χ2v) is 5.33. The highest BCUT2D eigenvalue weighted by Gasteiger charge is 2.25. The molecule has 0 saturated carbocycles. The van der Waals surface area contributed by atoms with E-state index in [0.717, 1.165) is 18.4 Å². The molecule has 1 aromatic rings. The van der Waals surface area contributed by atoms with Gasteiger partial charge in [0.1, 0.15) is 0 Å². The number of aliphatic carboxylic acids is 1. The SMILES string of the molecule is CCC(CC)C(=O)N(Cc1ccncc1)CC(C)C(=O)O. The van der Waals surface area contributed by atoms with Gasteiger partial charge in [-0.1, -0.05) is 20.8 Å². The van der Waals surface area contributed by atoms with E-state index in [9.17, 15) is 9.59 Å². The van der Waals surface area contributed by atoms with Crippen molar-refractivity contribution in [1.82, 2.24) is 9.88 Å². The van der Waals surface area contributed by atoms with E-state index in [1.165, 1.54) is 0 Å². The molecule has 0 spiro atoms. The van der Waals surface area contributed by atoms with Crippen LogP contribution in [0.1, 0.15) is 39.2 Å². The van der Waals surface area contributed by atoms with Crippen LogP contribution in [-0.2, 0) is 16.1 Å².